The van der Waals surface area contributed by atoms with Crippen molar-refractivity contribution in [1.29, 1.82) is 0 Å². The molecule has 0 radical (unpaired) electrons. The second-order valence-corrected chi connectivity index (χ2v) is 9.73. The van der Waals surface area contributed by atoms with Crippen LogP contribution in [0.25, 0.3) is 22.0 Å². The number of halogens is 3. The van der Waals surface area contributed by atoms with Gasteiger partial charge in [-0.1, -0.05) is 12.1 Å². The van der Waals surface area contributed by atoms with Crippen LogP contribution in [0.1, 0.15) is 56.4 Å². The minimum absolute atomic E-state index is 0.0381. The minimum Gasteiger partial charge on any atom is -0.444 e. The van der Waals surface area contributed by atoms with Gasteiger partial charge in [0.25, 0.3) is 0 Å². The van der Waals surface area contributed by atoms with Crippen LogP contribution in [0.3, 0.4) is 0 Å². The topological polar surface area (TPSA) is 69.6 Å². The Labute approximate surface area is 201 Å². The molecule has 2 atom stereocenters. The summed E-state index contributed by atoms with van der Waals surface area (Å²) in [4.78, 5) is 23.6. The van der Waals surface area contributed by atoms with Crippen LogP contribution >= 0.6 is 0 Å². The molecular formula is C26H27F3N2O4. The van der Waals surface area contributed by atoms with E-state index in [4.69, 9.17) is 4.74 Å². The maximum Gasteiger partial charge on any atom is 0.573 e. The molecule has 1 aliphatic carbocycles. The number of fused-ring (bicyclic) bond motifs is 1. The van der Waals surface area contributed by atoms with E-state index in [2.05, 4.69) is 14.6 Å². The van der Waals surface area contributed by atoms with Crippen LogP contribution in [-0.2, 0) is 4.74 Å². The Hall–Kier alpha value is -3.49. The number of hydrogen-bond donors (Lipinski definition) is 1. The molecule has 0 unspecified atom stereocenters. The molecule has 1 aromatic heterocycles. The second kappa shape index (κ2) is 9.28. The molecule has 0 aliphatic heterocycles. The lowest BCUT2D eigenvalue weighted by molar-refractivity contribution is -0.274. The quantitative estimate of drug-likeness (QED) is 0.409. The Balaban J connectivity index is 1.62. The molecule has 1 heterocycles. The van der Waals surface area contributed by atoms with Gasteiger partial charge in [0.15, 0.2) is 0 Å². The van der Waals surface area contributed by atoms with E-state index < -0.39 is 18.1 Å². The third kappa shape index (κ3) is 5.96. The molecule has 1 saturated carbocycles. The molecule has 186 valence electrons. The number of carbonyl (C=O) groups excluding carboxylic acids is 2. The van der Waals surface area contributed by atoms with Crippen molar-refractivity contribution >= 4 is 23.3 Å². The number of hydrogen-bond acceptors (Lipinski definition) is 4. The number of aldehydes is 1. The van der Waals surface area contributed by atoms with Gasteiger partial charge in [0.2, 0.25) is 0 Å². The molecule has 4 rings (SSSR count). The summed E-state index contributed by atoms with van der Waals surface area (Å²) in [7, 11) is 0. The highest BCUT2D eigenvalue weighted by atomic mass is 19.4. The van der Waals surface area contributed by atoms with Crippen LogP contribution in [0.2, 0.25) is 0 Å². The van der Waals surface area contributed by atoms with E-state index in [9.17, 15) is 22.8 Å². The number of alkyl carbamates (subject to hydrolysis) is 1. The zero-order valence-electron chi connectivity index (χ0n) is 19.7. The maximum atomic E-state index is 12.5. The van der Waals surface area contributed by atoms with Gasteiger partial charge in [-0.3, -0.25) is 4.79 Å². The fourth-order valence-corrected chi connectivity index (χ4v) is 4.53. The van der Waals surface area contributed by atoms with Crippen molar-refractivity contribution in [3.8, 4) is 16.9 Å². The summed E-state index contributed by atoms with van der Waals surface area (Å²) in [6.45, 7) is 5.44. The van der Waals surface area contributed by atoms with Crippen LogP contribution in [0.5, 0.6) is 5.75 Å². The number of rotatable bonds is 5. The first-order valence-corrected chi connectivity index (χ1v) is 11.4. The van der Waals surface area contributed by atoms with E-state index in [1.807, 2.05) is 33.0 Å². The van der Waals surface area contributed by atoms with E-state index in [0.29, 0.717) is 17.5 Å². The number of ether oxygens (including phenoxy) is 2. The molecule has 1 aliphatic rings. The summed E-state index contributed by atoms with van der Waals surface area (Å²) >= 11 is 0. The minimum atomic E-state index is -4.76. The first-order chi connectivity index (χ1) is 16.4. The highest BCUT2D eigenvalue weighted by molar-refractivity contribution is 5.99. The monoisotopic (exact) mass is 488 g/mol. The summed E-state index contributed by atoms with van der Waals surface area (Å²) in [6, 6.07) is 11.1. The van der Waals surface area contributed by atoms with Gasteiger partial charge in [-0.2, -0.15) is 0 Å². The number of alkyl halides is 3. The molecule has 3 aromatic rings. The second-order valence-electron chi connectivity index (χ2n) is 9.73. The lowest BCUT2D eigenvalue weighted by atomic mass is 10.0. The Morgan fingerprint density at radius 2 is 1.80 bits per heavy atom. The lowest BCUT2D eigenvalue weighted by Crippen LogP contribution is -2.38. The van der Waals surface area contributed by atoms with E-state index in [0.717, 1.165) is 35.6 Å². The summed E-state index contributed by atoms with van der Waals surface area (Å²) in [5, 5.41) is 3.76. The molecule has 0 spiro atoms. The zero-order valence-corrected chi connectivity index (χ0v) is 19.7. The first kappa shape index (κ1) is 24.6. The van der Waals surface area contributed by atoms with Gasteiger partial charge in [0, 0.05) is 40.3 Å². The normalized spacial score (nSPS) is 18.5. The highest BCUT2D eigenvalue weighted by Crippen LogP contribution is 2.39. The van der Waals surface area contributed by atoms with Crippen LogP contribution in [-0.4, -0.2) is 35.0 Å². The SMILES string of the molecule is CC(C)(C)OC(=O)N[C@@H]1CC[C@@H](n2cc(-c3ccc(OC(F)(F)F)cc3)c3cc(C=O)ccc32)C1. The third-order valence-corrected chi connectivity index (χ3v) is 5.91. The van der Waals surface area contributed by atoms with Crippen molar-refractivity contribution in [3.63, 3.8) is 0 Å². The molecule has 35 heavy (non-hydrogen) atoms. The molecule has 1 N–H and O–H groups in total. The van der Waals surface area contributed by atoms with Crippen LogP contribution < -0.4 is 10.1 Å². The molecule has 0 bridgehead atoms. The van der Waals surface area contributed by atoms with Gasteiger partial charge in [0.1, 0.15) is 17.6 Å². The summed E-state index contributed by atoms with van der Waals surface area (Å²) < 4.78 is 49.1. The molecule has 1 amide bonds. The van der Waals surface area contributed by atoms with Crippen molar-refractivity contribution < 1.29 is 32.2 Å². The van der Waals surface area contributed by atoms with Crippen molar-refractivity contribution in [3.05, 3.63) is 54.2 Å². The average molecular weight is 489 g/mol. The summed E-state index contributed by atoms with van der Waals surface area (Å²) in [5.41, 5.74) is 2.33. The standard InChI is InChI=1S/C26H27F3N2O4/c1-25(2,3)35-24(33)30-18-7-8-19(13-18)31-14-22(21-12-16(15-32)4-11-23(21)31)17-5-9-20(10-6-17)34-26(27,28)29/h4-6,9-12,14-15,18-19H,7-8,13H2,1-3H3,(H,30,33)/t18-,19-/m1/s1. The number of nitrogens with one attached hydrogen (secondary N) is 1. The van der Waals surface area contributed by atoms with Crippen molar-refractivity contribution in [2.24, 2.45) is 0 Å². The Morgan fingerprint density at radius 1 is 1.09 bits per heavy atom. The van der Waals surface area contributed by atoms with Gasteiger partial charge in [0.05, 0.1) is 0 Å². The predicted octanol–water partition coefficient (Wildman–Crippen LogP) is 6.64. The highest BCUT2D eigenvalue weighted by Gasteiger charge is 2.32. The smallest absolute Gasteiger partial charge is 0.444 e. The first-order valence-electron chi connectivity index (χ1n) is 11.4. The van der Waals surface area contributed by atoms with Crippen LogP contribution in [0.15, 0.2) is 48.7 Å². The Kier molecular flexibility index (Phi) is 6.53. The zero-order chi connectivity index (χ0) is 25.4. The van der Waals surface area contributed by atoms with Crippen molar-refractivity contribution in [2.75, 3.05) is 0 Å². The molecule has 0 saturated heterocycles. The number of carbonyl (C=O) groups is 2. The largest absolute Gasteiger partial charge is 0.573 e. The van der Waals surface area contributed by atoms with E-state index in [1.54, 1.807) is 24.3 Å². The van der Waals surface area contributed by atoms with Gasteiger partial charge in [-0.25, -0.2) is 4.79 Å². The van der Waals surface area contributed by atoms with Crippen molar-refractivity contribution in [2.45, 2.75) is 64.1 Å². The van der Waals surface area contributed by atoms with E-state index in [-0.39, 0.29) is 17.8 Å². The molecule has 2 aromatic carbocycles. The van der Waals surface area contributed by atoms with Gasteiger partial charge >= 0.3 is 12.5 Å². The Morgan fingerprint density at radius 3 is 2.43 bits per heavy atom. The van der Waals surface area contributed by atoms with Crippen LogP contribution in [0.4, 0.5) is 18.0 Å². The van der Waals surface area contributed by atoms with Gasteiger partial charge < -0.3 is 19.4 Å². The maximum absolute atomic E-state index is 12.5. The number of aromatic nitrogens is 1. The fourth-order valence-electron chi connectivity index (χ4n) is 4.53. The summed E-state index contributed by atoms with van der Waals surface area (Å²) in [6.07, 6.45) is -0.167. The predicted molar refractivity (Wildman–Crippen MR) is 125 cm³/mol. The number of benzene rings is 2. The molecular weight excluding hydrogens is 461 g/mol. The van der Waals surface area contributed by atoms with E-state index >= 15 is 0 Å². The molecule has 9 heteroatoms. The van der Waals surface area contributed by atoms with Crippen molar-refractivity contribution in [1.82, 2.24) is 9.88 Å². The van der Waals surface area contributed by atoms with Gasteiger partial charge in [-0.05, 0) is 75.9 Å². The fraction of sp³-hybridized carbons (Fsp3) is 0.385. The van der Waals surface area contributed by atoms with Crippen LogP contribution in [0, 0.1) is 0 Å². The lowest BCUT2D eigenvalue weighted by Gasteiger charge is -2.22. The Bertz CT molecular complexity index is 1230. The van der Waals surface area contributed by atoms with E-state index in [1.165, 1.54) is 12.1 Å². The number of nitrogens with zero attached hydrogens (tertiary/aromatic N) is 1. The number of amides is 1. The summed E-state index contributed by atoms with van der Waals surface area (Å²) in [5.74, 6) is -0.301. The average Bonchev–Trinajstić information content (AvgIpc) is 3.35. The molecule has 6 nitrogen and oxygen atoms in total. The molecule has 1 fully saturated rings. The van der Waals surface area contributed by atoms with Gasteiger partial charge in [-0.15, -0.1) is 13.2 Å². The third-order valence-electron chi connectivity index (χ3n) is 5.91.